The van der Waals surface area contributed by atoms with Crippen molar-refractivity contribution in [2.75, 3.05) is 0 Å². The van der Waals surface area contributed by atoms with Crippen LogP contribution in [-0.4, -0.2) is 17.0 Å². The molecule has 1 aromatic carbocycles. The topological polar surface area (TPSA) is 37.3 Å². The SMILES string of the molecule is C[C@@]12CC[C@H]3CCC[C@H](O)CCCC[C@@H]3[C@H]1C/C(=C\c1ccccc1)C2=O. The van der Waals surface area contributed by atoms with Crippen LogP contribution in [0, 0.1) is 23.2 Å². The fraction of sp³-hybridized carbons (Fsp3) is 0.640. The van der Waals surface area contributed by atoms with Gasteiger partial charge >= 0.3 is 0 Å². The first-order valence-electron chi connectivity index (χ1n) is 11.1. The first-order chi connectivity index (χ1) is 13.1. The number of ketones is 1. The molecule has 0 bridgehead atoms. The number of fused-ring (bicyclic) bond motifs is 3. The van der Waals surface area contributed by atoms with Gasteiger partial charge in [0.25, 0.3) is 0 Å². The van der Waals surface area contributed by atoms with E-state index in [9.17, 15) is 9.90 Å². The summed E-state index contributed by atoms with van der Waals surface area (Å²) in [5.41, 5.74) is 2.06. The minimum absolute atomic E-state index is 0.0936. The highest BCUT2D eigenvalue weighted by atomic mass is 16.3. The molecule has 0 amide bonds. The minimum atomic E-state index is -0.147. The number of rotatable bonds is 1. The van der Waals surface area contributed by atoms with E-state index in [0.29, 0.717) is 17.6 Å². The fourth-order valence-electron chi connectivity index (χ4n) is 6.23. The summed E-state index contributed by atoms with van der Waals surface area (Å²) in [7, 11) is 0. The molecule has 3 aliphatic rings. The Morgan fingerprint density at radius 2 is 1.74 bits per heavy atom. The summed E-state index contributed by atoms with van der Waals surface area (Å²) in [4.78, 5) is 13.4. The Morgan fingerprint density at radius 3 is 2.56 bits per heavy atom. The second-order valence-electron chi connectivity index (χ2n) is 9.47. The molecule has 3 saturated carbocycles. The summed E-state index contributed by atoms with van der Waals surface area (Å²) >= 11 is 0. The van der Waals surface area contributed by atoms with Gasteiger partial charge in [-0.25, -0.2) is 0 Å². The maximum atomic E-state index is 13.4. The van der Waals surface area contributed by atoms with E-state index in [4.69, 9.17) is 0 Å². The first kappa shape index (κ1) is 18.9. The predicted octanol–water partition coefficient (Wildman–Crippen LogP) is 5.80. The highest BCUT2D eigenvalue weighted by molar-refractivity contribution is 6.05. The van der Waals surface area contributed by atoms with Gasteiger partial charge in [-0.3, -0.25) is 4.79 Å². The van der Waals surface area contributed by atoms with E-state index in [0.717, 1.165) is 55.6 Å². The molecular weight excluding hydrogens is 332 g/mol. The normalized spacial score (nSPS) is 39.0. The average Bonchev–Trinajstić information content (AvgIpc) is 2.92. The Balaban J connectivity index is 1.58. The molecule has 0 radical (unpaired) electrons. The second kappa shape index (κ2) is 7.91. The molecule has 0 heterocycles. The van der Waals surface area contributed by atoms with E-state index in [1.165, 1.54) is 25.7 Å². The lowest BCUT2D eigenvalue weighted by atomic mass is 9.58. The molecular formula is C25H34O2. The lowest BCUT2D eigenvalue weighted by Gasteiger charge is -2.46. The highest BCUT2D eigenvalue weighted by Gasteiger charge is 2.55. The summed E-state index contributed by atoms with van der Waals surface area (Å²) in [5, 5.41) is 10.1. The van der Waals surface area contributed by atoms with Gasteiger partial charge < -0.3 is 5.11 Å². The van der Waals surface area contributed by atoms with Crippen LogP contribution in [0.3, 0.4) is 0 Å². The molecule has 3 aliphatic carbocycles. The number of allylic oxidation sites excluding steroid dienone is 1. The average molecular weight is 367 g/mol. The molecule has 2 nitrogen and oxygen atoms in total. The van der Waals surface area contributed by atoms with Crippen LogP contribution >= 0.6 is 0 Å². The summed E-state index contributed by atoms with van der Waals surface area (Å²) in [5.74, 6) is 2.37. The Kier molecular flexibility index (Phi) is 5.55. The zero-order valence-electron chi connectivity index (χ0n) is 16.7. The molecule has 0 aliphatic heterocycles. The molecule has 1 aromatic rings. The number of carbonyl (C=O) groups is 1. The van der Waals surface area contributed by atoms with Crippen LogP contribution in [0.15, 0.2) is 35.9 Å². The monoisotopic (exact) mass is 366 g/mol. The van der Waals surface area contributed by atoms with Gasteiger partial charge in [-0.15, -0.1) is 0 Å². The molecule has 0 spiro atoms. The standard InChI is InChI=1S/C25H34O2/c1-25-15-14-19-10-7-12-21(26)11-5-6-13-22(19)23(25)17-20(24(25)27)16-18-8-3-2-4-9-18/h2-4,8-9,16,19,21-23,26H,5-7,10-15,17H2,1H3/b20-16+/t19-,21-,22+,23-,25-/m1/s1. The van der Waals surface area contributed by atoms with Crippen LogP contribution < -0.4 is 0 Å². The first-order valence-corrected chi connectivity index (χ1v) is 11.1. The van der Waals surface area contributed by atoms with Crippen LogP contribution in [0.1, 0.15) is 76.7 Å². The van der Waals surface area contributed by atoms with E-state index in [1.54, 1.807) is 0 Å². The van der Waals surface area contributed by atoms with Crippen molar-refractivity contribution in [1.29, 1.82) is 0 Å². The van der Waals surface area contributed by atoms with Crippen molar-refractivity contribution in [3.63, 3.8) is 0 Å². The van der Waals surface area contributed by atoms with Gasteiger partial charge in [0.15, 0.2) is 5.78 Å². The van der Waals surface area contributed by atoms with Crippen LogP contribution in [0.2, 0.25) is 0 Å². The maximum Gasteiger partial charge on any atom is 0.165 e. The third-order valence-corrected chi connectivity index (χ3v) is 7.80. The zero-order chi connectivity index (χ0) is 18.9. The molecule has 0 saturated heterocycles. The third kappa shape index (κ3) is 3.78. The lowest BCUT2D eigenvalue weighted by molar-refractivity contribution is -0.128. The Labute approximate surface area is 164 Å². The molecule has 0 unspecified atom stereocenters. The van der Waals surface area contributed by atoms with Crippen molar-refractivity contribution in [2.24, 2.45) is 23.2 Å². The molecule has 0 aromatic heterocycles. The number of hydrogen-bond donors (Lipinski definition) is 1. The van der Waals surface area contributed by atoms with Crippen molar-refractivity contribution < 1.29 is 9.90 Å². The third-order valence-electron chi connectivity index (χ3n) is 7.80. The fourth-order valence-corrected chi connectivity index (χ4v) is 6.23. The van der Waals surface area contributed by atoms with E-state index >= 15 is 0 Å². The van der Waals surface area contributed by atoms with Crippen molar-refractivity contribution in [2.45, 2.75) is 77.2 Å². The molecule has 27 heavy (non-hydrogen) atoms. The number of hydrogen-bond acceptors (Lipinski definition) is 2. The van der Waals surface area contributed by atoms with Gasteiger partial charge in [-0.1, -0.05) is 62.9 Å². The Morgan fingerprint density at radius 1 is 1.00 bits per heavy atom. The van der Waals surface area contributed by atoms with Gasteiger partial charge in [-0.05, 0) is 73.5 Å². The van der Waals surface area contributed by atoms with Crippen molar-refractivity contribution in [1.82, 2.24) is 0 Å². The van der Waals surface area contributed by atoms with Crippen molar-refractivity contribution >= 4 is 11.9 Å². The number of aliphatic hydroxyl groups excluding tert-OH is 1. The molecule has 4 rings (SSSR count). The second-order valence-corrected chi connectivity index (χ2v) is 9.47. The largest absolute Gasteiger partial charge is 0.393 e. The molecule has 1 N–H and O–H groups in total. The van der Waals surface area contributed by atoms with Crippen LogP contribution in [0.4, 0.5) is 0 Å². The van der Waals surface area contributed by atoms with Crippen LogP contribution in [0.25, 0.3) is 6.08 Å². The van der Waals surface area contributed by atoms with Gasteiger partial charge in [0, 0.05) is 5.41 Å². The number of Topliss-reactive ketones (excluding diaryl/α,β-unsaturated/α-hetero) is 1. The molecule has 3 fully saturated rings. The molecule has 146 valence electrons. The van der Waals surface area contributed by atoms with E-state index < -0.39 is 0 Å². The predicted molar refractivity (Wildman–Crippen MR) is 110 cm³/mol. The van der Waals surface area contributed by atoms with E-state index in [-0.39, 0.29) is 11.5 Å². The van der Waals surface area contributed by atoms with Gasteiger partial charge in [-0.2, -0.15) is 0 Å². The number of benzene rings is 1. The Bertz CT molecular complexity index is 692. The summed E-state index contributed by atoms with van der Waals surface area (Å²) in [6.45, 7) is 2.25. The summed E-state index contributed by atoms with van der Waals surface area (Å²) < 4.78 is 0. The van der Waals surface area contributed by atoms with Crippen LogP contribution in [0.5, 0.6) is 0 Å². The number of carbonyl (C=O) groups excluding carboxylic acids is 1. The maximum absolute atomic E-state index is 13.4. The number of aliphatic hydroxyl groups is 1. The van der Waals surface area contributed by atoms with Gasteiger partial charge in [0.1, 0.15) is 0 Å². The van der Waals surface area contributed by atoms with Crippen LogP contribution in [-0.2, 0) is 4.79 Å². The molecule has 5 atom stereocenters. The minimum Gasteiger partial charge on any atom is -0.393 e. The van der Waals surface area contributed by atoms with Gasteiger partial charge in [0.2, 0.25) is 0 Å². The highest BCUT2D eigenvalue weighted by Crippen LogP contribution is 2.58. The summed E-state index contributed by atoms with van der Waals surface area (Å²) in [6.07, 6.45) is 13.1. The van der Waals surface area contributed by atoms with Crippen molar-refractivity contribution in [3.05, 3.63) is 41.5 Å². The Hall–Kier alpha value is -1.41. The lowest BCUT2D eigenvalue weighted by Crippen LogP contribution is -2.41. The smallest absolute Gasteiger partial charge is 0.165 e. The quantitative estimate of drug-likeness (QED) is 0.638. The van der Waals surface area contributed by atoms with Crippen molar-refractivity contribution in [3.8, 4) is 0 Å². The van der Waals surface area contributed by atoms with E-state index in [2.05, 4.69) is 25.1 Å². The molecule has 2 heteroatoms. The van der Waals surface area contributed by atoms with Gasteiger partial charge in [0.05, 0.1) is 6.10 Å². The van der Waals surface area contributed by atoms with E-state index in [1.807, 2.05) is 18.2 Å². The zero-order valence-corrected chi connectivity index (χ0v) is 16.7. The summed E-state index contributed by atoms with van der Waals surface area (Å²) in [6, 6.07) is 10.3.